The van der Waals surface area contributed by atoms with Gasteiger partial charge in [0.2, 0.25) is 5.91 Å². The first-order valence-electron chi connectivity index (χ1n) is 11.4. The number of hydrogen-bond donors (Lipinski definition) is 0. The molecule has 4 aromatic rings. The highest BCUT2D eigenvalue weighted by atomic mass is 16.5. The lowest BCUT2D eigenvalue weighted by atomic mass is 10.1. The Morgan fingerprint density at radius 1 is 1.00 bits per heavy atom. The van der Waals surface area contributed by atoms with Gasteiger partial charge < -0.3 is 14.2 Å². The van der Waals surface area contributed by atoms with Gasteiger partial charge in [0.25, 0.3) is 0 Å². The van der Waals surface area contributed by atoms with Crippen LogP contribution in [-0.4, -0.2) is 39.0 Å². The lowest BCUT2D eigenvalue weighted by Crippen LogP contribution is -2.45. The molecule has 2 aromatic carbocycles. The van der Waals surface area contributed by atoms with E-state index in [1.54, 1.807) is 6.20 Å². The summed E-state index contributed by atoms with van der Waals surface area (Å²) in [6.07, 6.45) is 4.63. The number of benzene rings is 2. The van der Waals surface area contributed by atoms with E-state index in [0.29, 0.717) is 19.5 Å². The van der Waals surface area contributed by atoms with Crippen molar-refractivity contribution in [2.75, 3.05) is 11.4 Å². The second-order valence-corrected chi connectivity index (χ2v) is 8.92. The number of likely N-dealkylation sites (tertiary alicyclic amines) is 1. The lowest BCUT2D eigenvalue weighted by Gasteiger charge is -2.31. The molecule has 0 radical (unpaired) electrons. The van der Waals surface area contributed by atoms with Gasteiger partial charge in [-0.3, -0.25) is 14.7 Å². The molecule has 6 nitrogen and oxygen atoms in total. The molecule has 0 spiro atoms. The quantitative estimate of drug-likeness (QED) is 0.481. The highest BCUT2D eigenvalue weighted by Gasteiger charge is 2.43. The maximum atomic E-state index is 14.0. The van der Waals surface area contributed by atoms with Gasteiger partial charge in [0.1, 0.15) is 11.9 Å². The van der Waals surface area contributed by atoms with Crippen LogP contribution in [0, 0.1) is 0 Å². The van der Waals surface area contributed by atoms with E-state index in [1.165, 1.54) is 16.5 Å². The van der Waals surface area contributed by atoms with E-state index >= 15 is 0 Å². The number of carbonyl (C=O) groups excluding carboxylic acids is 1. The number of aromatic nitrogens is 2. The third-order valence-electron chi connectivity index (χ3n) is 6.77. The molecule has 1 saturated heterocycles. The largest absolute Gasteiger partial charge is 0.487 e. The molecule has 2 aromatic heterocycles. The second-order valence-electron chi connectivity index (χ2n) is 8.92. The summed E-state index contributed by atoms with van der Waals surface area (Å²) in [5, 5.41) is 1.24. The molecule has 166 valence electrons. The smallest absolute Gasteiger partial charge is 0.244 e. The first-order chi connectivity index (χ1) is 16.2. The second kappa shape index (κ2) is 8.05. The average molecular weight is 439 g/mol. The molecule has 0 aliphatic carbocycles. The first-order valence-corrected chi connectivity index (χ1v) is 11.4. The Balaban J connectivity index is 1.36. The SMILES string of the molecule is Cn1cc(CN2CC3CC2C(=O)N(Cc2ccccn2)c2ccccc2O3)c2ccccc21. The van der Waals surface area contributed by atoms with Crippen LogP contribution in [0.25, 0.3) is 10.9 Å². The Morgan fingerprint density at radius 2 is 1.82 bits per heavy atom. The van der Waals surface area contributed by atoms with E-state index in [1.807, 2.05) is 47.4 Å². The molecule has 33 heavy (non-hydrogen) atoms. The zero-order valence-electron chi connectivity index (χ0n) is 18.6. The topological polar surface area (TPSA) is 50.6 Å². The number of fused-ring (bicyclic) bond motifs is 4. The van der Waals surface area contributed by atoms with Gasteiger partial charge in [0, 0.05) is 49.9 Å². The molecule has 2 unspecified atom stereocenters. The van der Waals surface area contributed by atoms with Crippen molar-refractivity contribution in [2.45, 2.75) is 31.7 Å². The van der Waals surface area contributed by atoms with Crippen LogP contribution in [0.1, 0.15) is 17.7 Å². The van der Waals surface area contributed by atoms with Gasteiger partial charge in [-0.25, -0.2) is 0 Å². The van der Waals surface area contributed by atoms with Crippen LogP contribution in [0.4, 0.5) is 5.69 Å². The molecule has 2 bridgehead atoms. The van der Waals surface area contributed by atoms with Crippen molar-refractivity contribution in [3.63, 3.8) is 0 Å². The number of carbonyl (C=O) groups is 1. The fourth-order valence-corrected chi connectivity index (χ4v) is 5.22. The lowest BCUT2D eigenvalue weighted by molar-refractivity contribution is -0.123. The van der Waals surface area contributed by atoms with Gasteiger partial charge in [-0.15, -0.1) is 0 Å². The predicted molar refractivity (Wildman–Crippen MR) is 128 cm³/mol. The Bertz CT molecular complexity index is 1320. The summed E-state index contributed by atoms with van der Waals surface area (Å²) in [6, 6.07) is 21.9. The van der Waals surface area contributed by atoms with Crippen molar-refractivity contribution < 1.29 is 9.53 Å². The van der Waals surface area contributed by atoms with Gasteiger partial charge in [-0.05, 0) is 35.9 Å². The van der Waals surface area contributed by atoms with Gasteiger partial charge in [0.15, 0.2) is 0 Å². The molecular formula is C27H26N4O2. The Hall–Kier alpha value is -3.64. The number of ether oxygens (including phenoxy) is 1. The van der Waals surface area contributed by atoms with Gasteiger partial charge >= 0.3 is 0 Å². The van der Waals surface area contributed by atoms with E-state index in [4.69, 9.17) is 4.74 Å². The minimum absolute atomic E-state index is 0.00734. The summed E-state index contributed by atoms with van der Waals surface area (Å²) >= 11 is 0. The molecule has 1 amide bonds. The molecular weight excluding hydrogens is 412 g/mol. The van der Waals surface area contributed by atoms with Crippen LogP contribution < -0.4 is 9.64 Å². The van der Waals surface area contributed by atoms with E-state index in [0.717, 1.165) is 23.7 Å². The highest BCUT2D eigenvalue weighted by molar-refractivity contribution is 5.99. The number of nitrogens with zero attached hydrogens (tertiary/aromatic N) is 4. The van der Waals surface area contributed by atoms with Crippen LogP contribution in [0.15, 0.2) is 79.1 Å². The fourth-order valence-electron chi connectivity index (χ4n) is 5.22. The Morgan fingerprint density at radius 3 is 2.70 bits per heavy atom. The maximum Gasteiger partial charge on any atom is 0.244 e. The van der Waals surface area contributed by atoms with Crippen molar-refractivity contribution in [3.8, 4) is 5.75 Å². The van der Waals surface area contributed by atoms with Crippen molar-refractivity contribution in [1.82, 2.24) is 14.5 Å². The molecule has 2 aliphatic rings. The number of hydrogen-bond acceptors (Lipinski definition) is 4. The van der Waals surface area contributed by atoms with Crippen LogP contribution in [0.5, 0.6) is 5.75 Å². The summed E-state index contributed by atoms with van der Waals surface area (Å²) in [6.45, 7) is 1.86. The minimum Gasteiger partial charge on any atom is -0.487 e. The minimum atomic E-state index is -0.231. The van der Waals surface area contributed by atoms with Crippen molar-refractivity contribution in [3.05, 3.63) is 90.4 Å². The zero-order valence-corrected chi connectivity index (χ0v) is 18.6. The number of amides is 1. The standard InChI is InChI=1S/C27H26N4O2/c1-29-15-19(22-9-2-3-10-23(22)29)16-30-18-21-14-25(30)27(32)31(17-20-8-6-7-13-28-20)24-11-4-5-12-26(24)33-21/h2-13,15,21,25H,14,16-18H2,1H3. The van der Waals surface area contributed by atoms with Crippen molar-refractivity contribution in [1.29, 1.82) is 0 Å². The summed E-state index contributed by atoms with van der Waals surface area (Å²) in [5.41, 5.74) is 4.11. The van der Waals surface area contributed by atoms with Crippen LogP contribution in [0.3, 0.4) is 0 Å². The van der Waals surface area contributed by atoms with Crippen molar-refractivity contribution in [2.24, 2.45) is 7.05 Å². The monoisotopic (exact) mass is 438 g/mol. The zero-order chi connectivity index (χ0) is 22.4. The fraction of sp³-hybridized carbons (Fsp3) is 0.259. The molecule has 4 heterocycles. The van der Waals surface area contributed by atoms with Gasteiger partial charge in [-0.2, -0.15) is 0 Å². The number of aryl methyl sites for hydroxylation is 1. The molecule has 0 saturated carbocycles. The number of anilines is 1. The third kappa shape index (κ3) is 3.56. The first kappa shape index (κ1) is 20.0. The molecule has 6 heteroatoms. The van der Waals surface area contributed by atoms with E-state index in [2.05, 4.69) is 52.0 Å². The number of pyridine rings is 1. The van der Waals surface area contributed by atoms with E-state index < -0.39 is 0 Å². The molecule has 2 aliphatic heterocycles. The summed E-state index contributed by atoms with van der Waals surface area (Å²) < 4.78 is 8.60. The third-order valence-corrected chi connectivity index (χ3v) is 6.77. The van der Waals surface area contributed by atoms with E-state index in [9.17, 15) is 4.79 Å². The maximum absolute atomic E-state index is 14.0. The van der Waals surface area contributed by atoms with Crippen LogP contribution in [0.2, 0.25) is 0 Å². The van der Waals surface area contributed by atoms with Crippen molar-refractivity contribution >= 4 is 22.5 Å². The summed E-state index contributed by atoms with van der Waals surface area (Å²) in [5.74, 6) is 0.872. The molecule has 0 N–H and O–H groups in total. The van der Waals surface area contributed by atoms with E-state index in [-0.39, 0.29) is 18.1 Å². The Kier molecular flexibility index (Phi) is 4.88. The average Bonchev–Trinajstić information content (AvgIpc) is 3.39. The molecule has 6 rings (SSSR count). The van der Waals surface area contributed by atoms with Crippen LogP contribution >= 0.6 is 0 Å². The Labute approximate surface area is 193 Å². The molecule has 2 atom stereocenters. The summed E-state index contributed by atoms with van der Waals surface area (Å²) in [7, 11) is 2.07. The van der Waals surface area contributed by atoms with Crippen LogP contribution in [-0.2, 0) is 24.9 Å². The highest BCUT2D eigenvalue weighted by Crippen LogP contribution is 2.37. The molecule has 1 fully saturated rings. The van der Waals surface area contributed by atoms with Gasteiger partial charge in [0.05, 0.1) is 24.0 Å². The normalized spacial score (nSPS) is 20.4. The number of para-hydroxylation sites is 3. The summed E-state index contributed by atoms with van der Waals surface area (Å²) in [4.78, 5) is 22.6. The van der Waals surface area contributed by atoms with Gasteiger partial charge in [-0.1, -0.05) is 36.4 Å². The number of rotatable bonds is 4. The predicted octanol–water partition coefficient (Wildman–Crippen LogP) is 4.14.